The first-order valence-corrected chi connectivity index (χ1v) is 7.65. The molecule has 0 saturated carbocycles. The van der Waals surface area contributed by atoms with Crippen LogP contribution in [-0.4, -0.2) is 42.2 Å². The van der Waals surface area contributed by atoms with Crippen LogP contribution in [-0.2, 0) is 13.5 Å². The fourth-order valence-corrected chi connectivity index (χ4v) is 3.43. The number of aryl methyl sites for hydroxylation is 2. The lowest BCUT2D eigenvalue weighted by Gasteiger charge is -2.27. The van der Waals surface area contributed by atoms with Gasteiger partial charge in [-0.1, -0.05) is 18.2 Å². The van der Waals surface area contributed by atoms with Crippen molar-refractivity contribution in [3.05, 3.63) is 35.0 Å². The number of rotatable bonds is 3. The van der Waals surface area contributed by atoms with Crippen LogP contribution in [0.4, 0.5) is 0 Å². The maximum absolute atomic E-state index is 3.42. The minimum absolute atomic E-state index is 1.13. The summed E-state index contributed by atoms with van der Waals surface area (Å²) >= 11 is 0. The van der Waals surface area contributed by atoms with E-state index in [4.69, 9.17) is 0 Å². The summed E-state index contributed by atoms with van der Waals surface area (Å²) in [6.07, 6.45) is 1.16. The molecule has 108 valence electrons. The minimum atomic E-state index is 1.13. The van der Waals surface area contributed by atoms with Crippen molar-refractivity contribution in [3.8, 4) is 0 Å². The number of para-hydroxylation sites is 1. The lowest BCUT2D eigenvalue weighted by Crippen LogP contribution is -2.44. The Balaban J connectivity index is 1.87. The minimum Gasteiger partial charge on any atom is -0.347 e. The van der Waals surface area contributed by atoms with Crippen molar-refractivity contribution >= 4 is 10.9 Å². The molecule has 1 aliphatic rings. The maximum Gasteiger partial charge on any atom is 0.0512 e. The first-order chi connectivity index (χ1) is 9.68. The van der Waals surface area contributed by atoms with E-state index in [1.165, 1.54) is 47.4 Å². The van der Waals surface area contributed by atoms with E-state index in [0.29, 0.717) is 0 Å². The first kappa shape index (κ1) is 13.7. The van der Waals surface area contributed by atoms with Crippen molar-refractivity contribution in [2.45, 2.75) is 20.3 Å². The van der Waals surface area contributed by atoms with Crippen molar-refractivity contribution in [1.82, 2.24) is 14.8 Å². The van der Waals surface area contributed by atoms with Gasteiger partial charge in [0.1, 0.15) is 0 Å². The summed E-state index contributed by atoms with van der Waals surface area (Å²) in [7, 11) is 2.19. The molecular weight excluding hydrogens is 246 g/mol. The number of fused-ring (bicyclic) bond motifs is 1. The van der Waals surface area contributed by atoms with Gasteiger partial charge in [-0.05, 0) is 31.4 Å². The molecule has 3 heteroatoms. The van der Waals surface area contributed by atoms with E-state index >= 15 is 0 Å². The molecule has 1 aromatic heterocycles. The van der Waals surface area contributed by atoms with Gasteiger partial charge in [0.2, 0.25) is 0 Å². The normalized spacial score (nSPS) is 16.9. The third-order valence-electron chi connectivity index (χ3n) is 4.73. The molecule has 0 amide bonds. The zero-order chi connectivity index (χ0) is 14.1. The van der Waals surface area contributed by atoms with Crippen LogP contribution in [0.25, 0.3) is 10.9 Å². The zero-order valence-corrected chi connectivity index (χ0v) is 12.9. The van der Waals surface area contributed by atoms with Crippen LogP contribution in [0.15, 0.2) is 18.2 Å². The van der Waals surface area contributed by atoms with Gasteiger partial charge in [0.15, 0.2) is 0 Å². The van der Waals surface area contributed by atoms with Crippen LogP contribution in [0.3, 0.4) is 0 Å². The van der Waals surface area contributed by atoms with Gasteiger partial charge >= 0.3 is 0 Å². The highest BCUT2D eigenvalue weighted by Gasteiger charge is 2.15. The molecule has 2 heterocycles. The first-order valence-electron chi connectivity index (χ1n) is 7.65. The lowest BCUT2D eigenvalue weighted by atomic mass is 10.1. The molecule has 0 unspecified atom stereocenters. The fourth-order valence-electron chi connectivity index (χ4n) is 3.43. The highest BCUT2D eigenvalue weighted by atomic mass is 15.2. The van der Waals surface area contributed by atoms with Gasteiger partial charge in [0, 0.05) is 50.9 Å². The molecule has 0 radical (unpaired) electrons. The van der Waals surface area contributed by atoms with Crippen molar-refractivity contribution in [3.63, 3.8) is 0 Å². The van der Waals surface area contributed by atoms with Crippen molar-refractivity contribution in [2.24, 2.45) is 7.05 Å². The summed E-state index contributed by atoms with van der Waals surface area (Å²) in [5, 5.41) is 4.86. The predicted octanol–water partition coefficient (Wildman–Crippen LogP) is 2.24. The number of benzene rings is 1. The number of piperazine rings is 1. The van der Waals surface area contributed by atoms with Crippen molar-refractivity contribution < 1.29 is 0 Å². The van der Waals surface area contributed by atoms with Crippen LogP contribution in [0.1, 0.15) is 16.8 Å². The zero-order valence-electron chi connectivity index (χ0n) is 12.9. The number of nitrogens with one attached hydrogen (secondary N) is 1. The van der Waals surface area contributed by atoms with Gasteiger partial charge in [0.25, 0.3) is 0 Å². The average molecular weight is 271 g/mol. The third-order valence-corrected chi connectivity index (χ3v) is 4.73. The Morgan fingerprint density at radius 2 is 1.90 bits per heavy atom. The molecule has 1 saturated heterocycles. The van der Waals surface area contributed by atoms with Gasteiger partial charge in [-0.3, -0.25) is 0 Å². The van der Waals surface area contributed by atoms with E-state index in [2.05, 4.69) is 53.9 Å². The van der Waals surface area contributed by atoms with E-state index in [1.54, 1.807) is 0 Å². The highest BCUT2D eigenvalue weighted by Crippen LogP contribution is 2.27. The van der Waals surface area contributed by atoms with Crippen LogP contribution in [0.2, 0.25) is 0 Å². The van der Waals surface area contributed by atoms with Crippen molar-refractivity contribution in [1.29, 1.82) is 0 Å². The van der Waals surface area contributed by atoms with E-state index in [0.717, 1.165) is 19.5 Å². The number of nitrogens with zero attached hydrogens (tertiary/aromatic N) is 2. The Hall–Kier alpha value is -1.32. The van der Waals surface area contributed by atoms with Gasteiger partial charge < -0.3 is 14.8 Å². The van der Waals surface area contributed by atoms with Gasteiger partial charge in [0.05, 0.1) is 5.52 Å². The smallest absolute Gasteiger partial charge is 0.0512 e. The molecule has 20 heavy (non-hydrogen) atoms. The Morgan fingerprint density at radius 1 is 1.15 bits per heavy atom. The largest absolute Gasteiger partial charge is 0.347 e. The molecule has 0 bridgehead atoms. The lowest BCUT2D eigenvalue weighted by molar-refractivity contribution is 0.244. The summed E-state index contributed by atoms with van der Waals surface area (Å²) in [5.41, 5.74) is 5.73. The van der Waals surface area contributed by atoms with E-state index < -0.39 is 0 Å². The molecule has 1 fully saturated rings. The fraction of sp³-hybridized carbons (Fsp3) is 0.529. The molecule has 0 aliphatic carbocycles. The standard InChI is InChI=1S/C17H25N3/c1-13-5-4-6-16-15(14(2)19(3)17(13)16)7-10-20-11-8-18-9-12-20/h4-6,18H,7-12H2,1-3H3. The molecule has 1 N–H and O–H groups in total. The molecular formula is C17H25N3. The van der Waals surface area contributed by atoms with Crippen LogP contribution < -0.4 is 5.32 Å². The molecule has 0 spiro atoms. The number of hydrogen-bond donors (Lipinski definition) is 1. The van der Waals surface area contributed by atoms with Crippen LogP contribution >= 0.6 is 0 Å². The summed E-state index contributed by atoms with van der Waals surface area (Å²) in [4.78, 5) is 2.57. The second kappa shape index (κ2) is 5.58. The summed E-state index contributed by atoms with van der Waals surface area (Å²) < 4.78 is 2.36. The third kappa shape index (κ3) is 2.36. The molecule has 2 aromatic rings. The van der Waals surface area contributed by atoms with Gasteiger partial charge in [-0.15, -0.1) is 0 Å². The second-order valence-electron chi connectivity index (χ2n) is 5.94. The maximum atomic E-state index is 3.42. The van der Waals surface area contributed by atoms with Crippen LogP contribution in [0, 0.1) is 13.8 Å². The second-order valence-corrected chi connectivity index (χ2v) is 5.94. The Kier molecular flexibility index (Phi) is 3.81. The quantitative estimate of drug-likeness (QED) is 0.924. The summed E-state index contributed by atoms with van der Waals surface area (Å²) in [5.74, 6) is 0. The monoisotopic (exact) mass is 271 g/mol. The van der Waals surface area contributed by atoms with Crippen LogP contribution in [0.5, 0.6) is 0 Å². The predicted molar refractivity (Wildman–Crippen MR) is 85.4 cm³/mol. The number of aromatic nitrogens is 1. The Bertz CT molecular complexity index is 606. The highest BCUT2D eigenvalue weighted by molar-refractivity contribution is 5.88. The van der Waals surface area contributed by atoms with Gasteiger partial charge in [-0.25, -0.2) is 0 Å². The van der Waals surface area contributed by atoms with Gasteiger partial charge in [-0.2, -0.15) is 0 Å². The molecule has 0 atom stereocenters. The topological polar surface area (TPSA) is 20.2 Å². The SMILES string of the molecule is Cc1cccc2c(CCN3CCNCC3)c(C)n(C)c12. The van der Waals surface area contributed by atoms with Crippen molar-refractivity contribution in [2.75, 3.05) is 32.7 Å². The molecule has 3 rings (SSSR count). The Labute approximate surface area is 121 Å². The Morgan fingerprint density at radius 3 is 2.65 bits per heavy atom. The summed E-state index contributed by atoms with van der Waals surface area (Å²) in [6, 6.07) is 6.68. The summed E-state index contributed by atoms with van der Waals surface area (Å²) in [6.45, 7) is 10.3. The van der Waals surface area contributed by atoms with E-state index in [9.17, 15) is 0 Å². The molecule has 1 aromatic carbocycles. The molecule has 1 aliphatic heterocycles. The average Bonchev–Trinajstić information content (AvgIpc) is 2.71. The molecule has 3 nitrogen and oxygen atoms in total. The number of hydrogen-bond acceptors (Lipinski definition) is 2. The van der Waals surface area contributed by atoms with E-state index in [-0.39, 0.29) is 0 Å². The van der Waals surface area contributed by atoms with E-state index in [1.807, 2.05) is 0 Å².